The molecular formula is C97H122N20O17. The molecule has 1 saturated carbocycles. The van der Waals surface area contributed by atoms with Crippen LogP contribution in [0.2, 0.25) is 0 Å². The lowest BCUT2D eigenvalue weighted by atomic mass is 9.78. The second-order valence-electron chi connectivity index (χ2n) is 36.8. The number of nitrogens with zero attached hydrogens (tertiary/aromatic N) is 17. The van der Waals surface area contributed by atoms with E-state index in [-0.39, 0.29) is 73.6 Å². The molecule has 12 heterocycles. The number of fused-ring (bicyclic) bond motifs is 6. The smallest absolute Gasteiger partial charge is 0.407 e. The van der Waals surface area contributed by atoms with Crippen LogP contribution in [0, 0.1) is 35.5 Å². The number of benzene rings is 2. The summed E-state index contributed by atoms with van der Waals surface area (Å²) < 4.78 is 43.5. The highest BCUT2D eigenvalue weighted by atomic mass is 16.6. The highest BCUT2D eigenvalue weighted by molar-refractivity contribution is 6.39. The SMILES string of the molecule is CO[C@H]1C[C@@H]2CC[C@@H](C)[C@@](O)(O2)C(=O)C(=O)N2CCCC[C@H]2C(=O)O[C@H]([C@H](C)C[C@@H]2CC[C@@H](OC(=O)NCc3cnc(N4CCN(c5ncc(C(=O)N6CCN(c7ncc(C(=O)N8CCc9cc(Cn%10nc(-c%11ccc%12oc(N)nc%12c%11)c%11c(N)ncnc%11%10)ccc9C8)cn7)CC6)cn5)CC4)nc3)[C@H](OC)C2)CC(=O)[C@H](C)/C=C(\C)[C@@H](O)[C@@H](OC)C(=O)[C@H](C)C[C@H](C)/C=C/C=C/C=C/1C. The van der Waals surface area contributed by atoms with Crippen molar-refractivity contribution in [3.05, 3.63) is 161 Å². The number of ether oxygens (including phenoxy) is 6. The number of rotatable bonds is 17. The lowest BCUT2D eigenvalue weighted by Gasteiger charge is -2.42. The Morgan fingerprint density at radius 2 is 1.36 bits per heavy atom. The molecule has 6 aromatic heterocycles. The number of nitrogens with one attached hydrogen (secondary N) is 1. The predicted octanol–water partition coefficient (Wildman–Crippen LogP) is 9.13. The Balaban J connectivity index is 0.500. The average molecular weight is 1840 g/mol. The number of methoxy groups -OCH3 is 3. The van der Waals surface area contributed by atoms with Gasteiger partial charge in [-0.1, -0.05) is 89.3 Å². The van der Waals surface area contributed by atoms with Gasteiger partial charge in [-0.3, -0.25) is 28.8 Å². The van der Waals surface area contributed by atoms with Crippen LogP contribution in [0.15, 0.2) is 132 Å². The molecule has 37 nitrogen and oxygen atoms in total. The van der Waals surface area contributed by atoms with Gasteiger partial charge in [0, 0.05) is 179 Å². The fourth-order valence-electron chi connectivity index (χ4n) is 19.4. The first-order valence-corrected chi connectivity index (χ1v) is 46.5. The third kappa shape index (κ3) is 22.1. The Kier molecular flexibility index (Phi) is 30.8. The zero-order chi connectivity index (χ0) is 94.8. The molecule has 2 aromatic carbocycles. The molecule has 4 amide bonds. The second kappa shape index (κ2) is 42.9. The van der Waals surface area contributed by atoms with E-state index in [1.165, 1.54) is 18.3 Å². The Bertz CT molecular complexity index is 5700. The molecule has 0 radical (unpaired) electrons. The third-order valence-electron chi connectivity index (χ3n) is 27.4. The number of nitrogen functional groups attached to an aromatic ring is 2. The normalized spacial score (nSPS) is 27.5. The van der Waals surface area contributed by atoms with Crippen LogP contribution in [-0.4, -0.2) is 268 Å². The monoisotopic (exact) mass is 1840 g/mol. The number of nitrogens with two attached hydrogens (primary N) is 2. The summed E-state index contributed by atoms with van der Waals surface area (Å²) in [5.74, 6) is -7.39. The first-order valence-electron chi connectivity index (χ1n) is 46.5. The molecule has 1 aliphatic carbocycles. The molecule has 5 fully saturated rings. The van der Waals surface area contributed by atoms with Crippen molar-refractivity contribution in [3.8, 4) is 11.3 Å². The Morgan fingerprint density at radius 3 is 2.04 bits per heavy atom. The maximum absolute atomic E-state index is 14.9. The topological polar surface area (TPSA) is 463 Å². The molecule has 712 valence electrons. The minimum absolute atomic E-state index is 0.0272. The first-order chi connectivity index (χ1) is 64.5. The number of piperazine rings is 2. The van der Waals surface area contributed by atoms with Crippen LogP contribution < -0.4 is 31.5 Å². The van der Waals surface area contributed by atoms with Gasteiger partial charge in [0.1, 0.15) is 59.6 Å². The molecule has 15 rings (SSSR count). The van der Waals surface area contributed by atoms with E-state index in [9.17, 15) is 48.6 Å². The molecule has 0 unspecified atom stereocenters. The number of carbonyl (C=O) groups is 8. The summed E-state index contributed by atoms with van der Waals surface area (Å²) >= 11 is 0. The molecule has 0 spiro atoms. The van der Waals surface area contributed by atoms with Crippen molar-refractivity contribution in [2.24, 2.45) is 35.5 Å². The summed E-state index contributed by atoms with van der Waals surface area (Å²) in [6, 6.07) is 10.6. The van der Waals surface area contributed by atoms with Gasteiger partial charge in [-0.05, 0) is 148 Å². The number of allylic oxidation sites excluding steroid dienone is 6. The van der Waals surface area contributed by atoms with Crippen molar-refractivity contribution in [2.75, 3.05) is 113 Å². The van der Waals surface area contributed by atoms with Crippen molar-refractivity contribution in [1.82, 2.24) is 74.7 Å². The number of esters is 1. The van der Waals surface area contributed by atoms with Crippen LogP contribution >= 0.6 is 0 Å². The van der Waals surface area contributed by atoms with Crippen molar-refractivity contribution in [1.29, 1.82) is 0 Å². The number of anilines is 5. The maximum Gasteiger partial charge on any atom is 0.407 e. The van der Waals surface area contributed by atoms with Crippen molar-refractivity contribution >= 4 is 98.9 Å². The molecule has 37 heteroatoms. The fraction of sp³-hybridized carbons (Fsp3) is 0.526. The van der Waals surface area contributed by atoms with Gasteiger partial charge in [-0.15, -0.1) is 0 Å². The maximum atomic E-state index is 14.9. The summed E-state index contributed by atoms with van der Waals surface area (Å²) in [6.07, 6.45) is 20.6. The fourth-order valence-corrected chi connectivity index (χ4v) is 19.4. The molecular weight excluding hydrogens is 1720 g/mol. The van der Waals surface area contributed by atoms with Gasteiger partial charge >= 0.3 is 12.1 Å². The van der Waals surface area contributed by atoms with E-state index in [0.29, 0.717) is 210 Å². The van der Waals surface area contributed by atoms with E-state index >= 15 is 0 Å². The number of hydrogen-bond donors (Lipinski definition) is 5. The zero-order valence-corrected chi connectivity index (χ0v) is 77.7. The van der Waals surface area contributed by atoms with Gasteiger partial charge in [0.05, 0.1) is 41.4 Å². The van der Waals surface area contributed by atoms with E-state index in [4.69, 9.17) is 49.4 Å². The van der Waals surface area contributed by atoms with Gasteiger partial charge in [0.15, 0.2) is 17.0 Å². The van der Waals surface area contributed by atoms with Gasteiger partial charge in [-0.2, -0.15) is 10.1 Å². The molecule has 7 N–H and O–H groups in total. The molecule has 134 heavy (non-hydrogen) atoms. The van der Waals surface area contributed by atoms with Crippen LogP contribution in [0.4, 0.5) is 34.5 Å². The van der Waals surface area contributed by atoms with Crippen molar-refractivity contribution in [2.45, 2.75) is 206 Å². The van der Waals surface area contributed by atoms with Gasteiger partial charge in [-0.25, -0.2) is 54.1 Å². The summed E-state index contributed by atoms with van der Waals surface area (Å²) in [7, 11) is 4.49. The Labute approximate surface area is 777 Å². The summed E-state index contributed by atoms with van der Waals surface area (Å²) in [5.41, 5.74) is 21.1. The number of ketones is 3. The number of cyclic esters (lactones) is 1. The quantitative estimate of drug-likeness (QED) is 0.0322. The molecule has 4 saturated heterocycles. The highest BCUT2D eigenvalue weighted by Gasteiger charge is 2.54. The number of aliphatic hydroxyl groups excluding tert-OH is 1. The van der Waals surface area contributed by atoms with E-state index < -0.39 is 102 Å². The lowest BCUT2D eigenvalue weighted by Crippen LogP contribution is -2.61. The number of piperidine rings is 1. The van der Waals surface area contributed by atoms with Gasteiger partial charge in [0.25, 0.3) is 29.5 Å². The van der Waals surface area contributed by atoms with Crippen LogP contribution in [0.25, 0.3) is 33.4 Å². The van der Waals surface area contributed by atoms with E-state index in [1.54, 1.807) is 96.1 Å². The van der Waals surface area contributed by atoms with Crippen molar-refractivity contribution < 1.29 is 81.4 Å². The van der Waals surface area contributed by atoms with E-state index in [0.717, 1.165) is 27.8 Å². The Hall–Kier alpha value is -12.4. The molecule has 2 bridgehead atoms. The average Bonchev–Trinajstić information content (AvgIpc) is 1.50. The first kappa shape index (κ1) is 96.2. The minimum atomic E-state index is -2.50. The van der Waals surface area contributed by atoms with Crippen LogP contribution in [0.5, 0.6) is 0 Å². The molecule has 7 aliphatic rings. The number of hydrogen-bond acceptors (Lipinski definition) is 32. The third-order valence-corrected chi connectivity index (χ3v) is 27.4. The molecule has 8 aromatic rings. The highest BCUT2D eigenvalue weighted by Crippen LogP contribution is 2.41. The van der Waals surface area contributed by atoms with E-state index in [1.807, 2.05) is 93.6 Å². The number of Topliss-reactive ketones (excluding diaryl/α,β-unsaturated/α-hetero) is 3. The van der Waals surface area contributed by atoms with Gasteiger partial charge < -0.3 is 89.2 Å². The number of aliphatic hydroxyl groups is 2. The van der Waals surface area contributed by atoms with Crippen LogP contribution in [0.3, 0.4) is 0 Å². The minimum Gasteiger partial charge on any atom is -0.460 e. The molecule has 15 atom stereocenters. The van der Waals surface area contributed by atoms with Gasteiger partial charge in [0.2, 0.25) is 23.6 Å². The summed E-state index contributed by atoms with van der Waals surface area (Å²) in [5, 5.41) is 32.3. The van der Waals surface area contributed by atoms with Crippen LogP contribution in [-0.2, 0) is 78.4 Å². The number of oxazole rings is 1. The van der Waals surface area contributed by atoms with Crippen molar-refractivity contribution in [3.63, 3.8) is 0 Å². The molecule has 6 aliphatic heterocycles. The zero-order valence-electron chi connectivity index (χ0n) is 77.7. The second-order valence-corrected chi connectivity index (χ2v) is 36.8. The Morgan fingerprint density at radius 1 is 0.679 bits per heavy atom. The lowest BCUT2D eigenvalue weighted by molar-refractivity contribution is -0.265. The van der Waals surface area contributed by atoms with E-state index in [2.05, 4.69) is 62.3 Å². The number of amides is 4. The standard InChI is InChI=1S/C97H122N20O17/c1-56-16-12-11-13-17-57(2)77(128-8)44-71-24-19-62(7)97(127,134-71)85(121)90(124)116-28-15-14-18-73(116)91(125)131-78(45-74(118)58(3)39-61(6)83(120)84(130-10)82(119)60(5)38-56)59(4)40-63-21-25-76(79(42-63)129-9)133-96(126)106-48-65-46-100-93(101-47-65)113-34-36-114(37-35-113)95-102-49-69(50-103-95)88(122)111-30-32-112(33-31-111)94-104-51-70(52-105-94)89(123)115-29-27-66-41-64(20-22-68(66)54-115)53-117-87-80(86(98)107-55-108-87)81(110-117)67-23-26-75-72(43-67)109-92(99)132-75/h11-13,16-17,20,22-23,26,39,41,43,46-47,49-52,55-56,58-60,62-63,71,73,76-79,83-84,120,127H,14-15,18-19,21,24-25,27-38,40,42,44-45,48,53-54H2,1-10H3,(H2,99,109)(H,106,126)(H2,98,107,108)/b13-11+,16-12+,57-17+,61-39+/t56-,58-,59-,60-,62-,63+,71+,73+,76-,77+,78+,79-,83-,84+,97-/m1/s1. The number of carbonyl (C=O) groups excluding carboxylic acids is 8. The largest absolute Gasteiger partial charge is 0.460 e. The summed E-state index contributed by atoms with van der Waals surface area (Å²) in [6.45, 7) is 18.0. The summed E-state index contributed by atoms with van der Waals surface area (Å²) in [4.78, 5) is 166. The number of aromatic nitrogens is 11. The van der Waals surface area contributed by atoms with Crippen LogP contribution in [0.1, 0.15) is 168 Å². The number of alkyl carbamates (subject to hydrolysis) is 1. The predicted molar refractivity (Wildman–Crippen MR) is 496 cm³/mol.